The van der Waals surface area contributed by atoms with Crippen LogP contribution in [0.25, 0.3) is 0 Å². The number of carbonyl (C=O) groups excluding carboxylic acids is 3. The van der Waals surface area contributed by atoms with Crippen LogP contribution in [0.15, 0.2) is 72.8 Å². The van der Waals surface area contributed by atoms with E-state index in [4.69, 9.17) is 0 Å². The molecule has 0 unspecified atom stereocenters. The summed E-state index contributed by atoms with van der Waals surface area (Å²) in [5.41, 5.74) is 0.853. The van der Waals surface area contributed by atoms with Gasteiger partial charge in [-0.2, -0.15) is 13.2 Å². The maximum atomic E-state index is 12.9. The van der Waals surface area contributed by atoms with Crippen LogP contribution in [0.2, 0.25) is 0 Å². The molecule has 0 aliphatic carbocycles. The van der Waals surface area contributed by atoms with Gasteiger partial charge in [0.2, 0.25) is 5.91 Å². The van der Waals surface area contributed by atoms with Gasteiger partial charge in [0.25, 0.3) is 11.8 Å². The van der Waals surface area contributed by atoms with Crippen molar-refractivity contribution >= 4 is 23.4 Å². The molecule has 1 aliphatic rings. The first kappa shape index (κ1) is 26.8. The second kappa shape index (κ2) is 11.5. The van der Waals surface area contributed by atoms with Crippen LogP contribution < -0.4 is 5.32 Å². The number of carbonyl (C=O) groups is 3. The number of nitrogens with one attached hydrogen (secondary N) is 1. The van der Waals surface area contributed by atoms with Crippen LogP contribution in [0.5, 0.6) is 0 Å². The Morgan fingerprint density at radius 3 is 2.24 bits per heavy atom. The van der Waals surface area contributed by atoms with Gasteiger partial charge in [0, 0.05) is 31.4 Å². The second-order valence-corrected chi connectivity index (χ2v) is 9.17. The molecule has 1 fully saturated rings. The normalized spacial score (nSPS) is 14.2. The zero-order chi connectivity index (χ0) is 27.3. The van der Waals surface area contributed by atoms with Crippen molar-refractivity contribution in [2.24, 2.45) is 0 Å². The maximum absolute atomic E-state index is 12.9. The highest BCUT2D eigenvalue weighted by Gasteiger charge is 2.33. The first-order valence-electron chi connectivity index (χ1n) is 12.2. The number of amides is 3. The molecule has 0 bridgehead atoms. The van der Waals surface area contributed by atoms with Gasteiger partial charge in [-0.15, -0.1) is 0 Å². The van der Waals surface area contributed by atoms with E-state index in [-0.39, 0.29) is 30.0 Å². The topological polar surface area (TPSA) is 82.6 Å². The lowest BCUT2D eigenvalue weighted by atomic mass is 9.89. The molecule has 0 spiro atoms. The lowest BCUT2D eigenvalue weighted by molar-refractivity contribution is -0.141. The summed E-state index contributed by atoms with van der Waals surface area (Å²) in [6.45, 7) is 0.714. The Hall–Kier alpha value is -4.21. The van der Waals surface area contributed by atoms with Crippen LogP contribution in [0.1, 0.15) is 50.9 Å². The minimum atomic E-state index is -4.61. The molecule has 3 aromatic rings. The van der Waals surface area contributed by atoms with Crippen LogP contribution in [-0.2, 0) is 11.0 Å². The minimum absolute atomic E-state index is 0.0945. The number of alkyl halides is 3. The average molecular weight is 525 g/mol. The Bertz CT molecular complexity index is 1290. The summed E-state index contributed by atoms with van der Waals surface area (Å²) in [7, 11) is 1.57. The molecular formula is C28H27F3N4O3. The maximum Gasteiger partial charge on any atom is 0.433 e. The van der Waals surface area contributed by atoms with Gasteiger partial charge < -0.3 is 15.1 Å². The summed E-state index contributed by atoms with van der Waals surface area (Å²) in [6.07, 6.45) is -3.30. The molecule has 4 rings (SSSR count). The van der Waals surface area contributed by atoms with Gasteiger partial charge in [0.1, 0.15) is 11.4 Å². The van der Waals surface area contributed by atoms with E-state index in [0.29, 0.717) is 37.2 Å². The first-order chi connectivity index (χ1) is 18.1. The largest absolute Gasteiger partial charge is 0.433 e. The summed E-state index contributed by atoms with van der Waals surface area (Å²) >= 11 is 0. The minimum Gasteiger partial charge on any atom is -0.337 e. The lowest BCUT2D eigenvalue weighted by Gasteiger charge is -2.32. The molecule has 3 amide bonds. The van der Waals surface area contributed by atoms with Crippen molar-refractivity contribution in [3.63, 3.8) is 0 Å². The number of pyridine rings is 1. The fraction of sp³-hybridized carbons (Fsp3) is 0.286. The molecule has 1 aliphatic heterocycles. The van der Waals surface area contributed by atoms with Gasteiger partial charge in [0.05, 0.1) is 6.54 Å². The van der Waals surface area contributed by atoms with Gasteiger partial charge in [0.15, 0.2) is 0 Å². The number of halogens is 3. The highest BCUT2D eigenvalue weighted by atomic mass is 19.4. The van der Waals surface area contributed by atoms with Crippen LogP contribution in [0, 0.1) is 0 Å². The third kappa shape index (κ3) is 6.56. The number of anilines is 1. The third-order valence-electron chi connectivity index (χ3n) is 6.45. The van der Waals surface area contributed by atoms with E-state index in [0.717, 1.165) is 11.6 Å². The fourth-order valence-corrected chi connectivity index (χ4v) is 4.42. The predicted molar refractivity (Wildman–Crippen MR) is 136 cm³/mol. The number of likely N-dealkylation sites (tertiary alicyclic amines) is 1. The Balaban J connectivity index is 1.28. The van der Waals surface area contributed by atoms with E-state index >= 15 is 0 Å². The lowest BCUT2D eigenvalue weighted by Crippen LogP contribution is -2.38. The first-order valence-corrected chi connectivity index (χ1v) is 12.2. The van der Waals surface area contributed by atoms with Crippen molar-refractivity contribution in [3.05, 3.63) is 95.3 Å². The molecule has 1 aromatic heterocycles. The van der Waals surface area contributed by atoms with Gasteiger partial charge in [-0.25, -0.2) is 4.98 Å². The zero-order valence-electron chi connectivity index (χ0n) is 20.7. The predicted octanol–water partition coefficient (Wildman–Crippen LogP) is 4.83. The van der Waals surface area contributed by atoms with E-state index in [1.54, 1.807) is 43.4 Å². The summed E-state index contributed by atoms with van der Waals surface area (Å²) in [5, 5.41) is 2.79. The molecule has 2 heterocycles. The summed E-state index contributed by atoms with van der Waals surface area (Å²) in [4.78, 5) is 43.9. The monoisotopic (exact) mass is 524 g/mol. The highest BCUT2D eigenvalue weighted by Crippen LogP contribution is 2.30. The number of benzene rings is 2. The van der Waals surface area contributed by atoms with Crippen molar-refractivity contribution in [1.29, 1.82) is 0 Å². The number of piperidine rings is 1. The zero-order valence-corrected chi connectivity index (χ0v) is 20.7. The quantitative estimate of drug-likeness (QED) is 0.501. The molecule has 0 atom stereocenters. The van der Waals surface area contributed by atoms with E-state index in [1.807, 2.05) is 18.2 Å². The van der Waals surface area contributed by atoms with Gasteiger partial charge in [-0.1, -0.05) is 36.4 Å². The number of hydrogen-bond acceptors (Lipinski definition) is 4. The number of likely N-dealkylation sites (N-methyl/N-ethyl adjacent to an activating group) is 1. The molecule has 1 saturated heterocycles. The van der Waals surface area contributed by atoms with Crippen LogP contribution in [-0.4, -0.2) is 59.2 Å². The standard InChI is InChI=1S/C28H27F3N4O3/c1-34(26(37)21-6-3-2-4-7-21)18-25(36)32-22-12-10-19(11-13-22)20-14-16-35(17-15-20)27(38)23-8-5-9-24(33-23)28(29,30)31/h2-13,20H,14-18H2,1H3,(H,32,36). The molecular weight excluding hydrogens is 497 g/mol. The van der Waals surface area contributed by atoms with E-state index < -0.39 is 17.8 Å². The average Bonchev–Trinajstić information content (AvgIpc) is 2.93. The number of rotatable bonds is 6. The smallest absolute Gasteiger partial charge is 0.337 e. The molecule has 198 valence electrons. The molecule has 1 N–H and O–H groups in total. The molecule has 0 radical (unpaired) electrons. The third-order valence-corrected chi connectivity index (χ3v) is 6.45. The van der Waals surface area contributed by atoms with E-state index in [1.165, 1.54) is 21.9 Å². The summed E-state index contributed by atoms with van der Waals surface area (Å²) in [6, 6.07) is 19.4. The Morgan fingerprint density at radius 2 is 1.61 bits per heavy atom. The highest BCUT2D eigenvalue weighted by molar-refractivity contribution is 5.99. The van der Waals surface area contributed by atoms with Crippen molar-refractivity contribution in [3.8, 4) is 0 Å². The van der Waals surface area contributed by atoms with E-state index in [2.05, 4.69) is 10.3 Å². The number of hydrogen-bond donors (Lipinski definition) is 1. The summed E-state index contributed by atoms with van der Waals surface area (Å²) < 4.78 is 38.8. The van der Waals surface area contributed by atoms with Gasteiger partial charge >= 0.3 is 6.18 Å². The van der Waals surface area contributed by atoms with Crippen molar-refractivity contribution < 1.29 is 27.6 Å². The van der Waals surface area contributed by atoms with Crippen LogP contribution in [0.3, 0.4) is 0 Å². The van der Waals surface area contributed by atoms with Crippen molar-refractivity contribution in [2.75, 3.05) is 32.0 Å². The second-order valence-electron chi connectivity index (χ2n) is 9.17. The van der Waals surface area contributed by atoms with Gasteiger partial charge in [-0.05, 0) is 60.7 Å². The Morgan fingerprint density at radius 1 is 0.947 bits per heavy atom. The molecule has 2 aromatic carbocycles. The SMILES string of the molecule is CN(CC(=O)Nc1ccc(C2CCN(C(=O)c3cccc(C(F)(F)F)n3)CC2)cc1)C(=O)c1ccccc1. The van der Waals surface area contributed by atoms with E-state index in [9.17, 15) is 27.6 Å². The van der Waals surface area contributed by atoms with Crippen molar-refractivity contribution in [1.82, 2.24) is 14.8 Å². The Labute approximate surface area is 218 Å². The Kier molecular flexibility index (Phi) is 8.09. The van der Waals surface area contributed by atoms with Crippen molar-refractivity contribution in [2.45, 2.75) is 24.9 Å². The van der Waals surface area contributed by atoms with Crippen LogP contribution >= 0.6 is 0 Å². The molecule has 7 nitrogen and oxygen atoms in total. The fourth-order valence-electron chi connectivity index (χ4n) is 4.42. The van der Waals surface area contributed by atoms with Gasteiger partial charge in [-0.3, -0.25) is 14.4 Å². The number of aromatic nitrogens is 1. The molecule has 0 saturated carbocycles. The number of nitrogens with zero attached hydrogens (tertiary/aromatic N) is 3. The summed E-state index contributed by atoms with van der Waals surface area (Å²) in [5.74, 6) is -0.902. The van der Waals surface area contributed by atoms with Crippen LogP contribution in [0.4, 0.5) is 18.9 Å². The molecule has 10 heteroatoms. The molecule has 38 heavy (non-hydrogen) atoms.